The molecule has 2 atom stereocenters. The molecular formula is C11H15N3O4. The molecule has 1 saturated heterocycles. The van der Waals surface area contributed by atoms with Crippen molar-refractivity contribution >= 4 is 11.9 Å². The van der Waals surface area contributed by atoms with Crippen LogP contribution in [0, 0.1) is 5.92 Å². The first kappa shape index (κ1) is 12.6. The zero-order chi connectivity index (χ0) is 13.3. The Kier molecular flexibility index (Phi) is 3.33. The van der Waals surface area contributed by atoms with Gasteiger partial charge in [-0.3, -0.25) is 14.3 Å². The van der Waals surface area contributed by atoms with Crippen LogP contribution in [0.3, 0.4) is 0 Å². The molecule has 1 aromatic heterocycles. The largest absolute Gasteiger partial charge is 0.481 e. The molecule has 98 valence electrons. The van der Waals surface area contributed by atoms with E-state index in [0.717, 1.165) is 0 Å². The summed E-state index contributed by atoms with van der Waals surface area (Å²) in [5.41, 5.74) is 0.425. The molecule has 2 heterocycles. The van der Waals surface area contributed by atoms with Crippen LogP contribution < -0.4 is 0 Å². The zero-order valence-corrected chi connectivity index (χ0v) is 10.2. The average Bonchev–Trinajstić information content (AvgIpc) is 2.95. The van der Waals surface area contributed by atoms with Crippen molar-refractivity contribution in [3.05, 3.63) is 18.0 Å². The van der Waals surface area contributed by atoms with Gasteiger partial charge in [0.05, 0.1) is 19.3 Å². The van der Waals surface area contributed by atoms with Crippen molar-refractivity contribution in [1.29, 1.82) is 0 Å². The van der Waals surface area contributed by atoms with E-state index in [2.05, 4.69) is 5.10 Å². The van der Waals surface area contributed by atoms with E-state index < -0.39 is 17.9 Å². The third kappa shape index (κ3) is 2.08. The number of aromatic nitrogens is 2. The lowest BCUT2D eigenvalue weighted by atomic mass is 10.0. The lowest BCUT2D eigenvalue weighted by Crippen LogP contribution is -2.44. The van der Waals surface area contributed by atoms with E-state index in [1.807, 2.05) is 0 Å². The summed E-state index contributed by atoms with van der Waals surface area (Å²) in [4.78, 5) is 24.7. The summed E-state index contributed by atoms with van der Waals surface area (Å²) in [5.74, 6) is -1.87. The maximum atomic E-state index is 12.2. The molecule has 7 heteroatoms. The molecule has 1 fully saturated rings. The average molecular weight is 253 g/mol. The minimum atomic E-state index is -0.942. The maximum absolute atomic E-state index is 12.2. The molecule has 1 amide bonds. The number of carbonyl (C=O) groups is 2. The summed E-state index contributed by atoms with van der Waals surface area (Å²) in [5, 5.41) is 13.0. The van der Waals surface area contributed by atoms with Crippen LogP contribution >= 0.6 is 0 Å². The minimum absolute atomic E-state index is 0.142. The molecule has 2 unspecified atom stereocenters. The summed E-state index contributed by atoms with van der Waals surface area (Å²) in [6.07, 6.45) is 1.53. The Morgan fingerprint density at radius 2 is 2.28 bits per heavy atom. The first-order valence-corrected chi connectivity index (χ1v) is 5.58. The molecule has 0 bridgehead atoms. The van der Waals surface area contributed by atoms with Gasteiger partial charge in [0.25, 0.3) is 5.91 Å². The molecule has 0 radical (unpaired) electrons. The summed E-state index contributed by atoms with van der Waals surface area (Å²) < 4.78 is 6.62. The van der Waals surface area contributed by atoms with Crippen LogP contribution in [0.25, 0.3) is 0 Å². The normalized spacial score (nSPS) is 23.0. The highest BCUT2D eigenvalue weighted by Gasteiger charge is 2.39. The van der Waals surface area contributed by atoms with E-state index in [9.17, 15) is 9.59 Å². The Hall–Kier alpha value is -1.89. The predicted octanol–water partition coefficient (Wildman–Crippen LogP) is -0.408. The van der Waals surface area contributed by atoms with Crippen molar-refractivity contribution in [2.24, 2.45) is 13.0 Å². The smallest absolute Gasteiger partial charge is 0.311 e. The lowest BCUT2D eigenvalue weighted by Gasteiger charge is -2.26. The van der Waals surface area contributed by atoms with Gasteiger partial charge in [-0.25, -0.2) is 0 Å². The fraction of sp³-hybridized carbons (Fsp3) is 0.545. The first-order chi connectivity index (χ1) is 8.52. The fourth-order valence-corrected chi connectivity index (χ4v) is 2.08. The Labute approximate surface area is 104 Å². The number of nitrogens with zero attached hydrogens (tertiary/aromatic N) is 3. The number of carboxylic acids is 1. The lowest BCUT2D eigenvalue weighted by molar-refractivity contribution is -0.142. The molecule has 1 aliphatic rings. The first-order valence-electron chi connectivity index (χ1n) is 5.58. The summed E-state index contributed by atoms with van der Waals surface area (Å²) in [7, 11) is 3.26. The Morgan fingerprint density at radius 1 is 1.56 bits per heavy atom. The van der Waals surface area contributed by atoms with Crippen LogP contribution in [0.4, 0.5) is 0 Å². The Balaban J connectivity index is 2.16. The van der Waals surface area contributed by atoms with Gasteiger partial charge in [0.15, 0.2) is 0 Å². The van der Waals surface area contributed by atoms with Crippen molar-refractivity contribution in [1.82, 2.24) is 14.7 Å². The molecule has 1 N–H and O–H groups in total. The summed E-state index contributed by atoms with van der Waals surface area (Å²) >= 11 is 0. The number of hydrogen-bond donors (Lipinski definition) is 1. The molecular weight excluding hydrogens is 238 g/mol. The maximum Gasteiger partial charge on any atom is 0.311 e. The highest BCUT2D eigenvalue weighted by molar-refractivity contribution is 5.93. The van der Waals surface area contributed by atoms with Gasteiger partial charge in [0.1, 0.15) is 11.6 Å². The third-order valence-electron chi connectivity index (χ3n) is 3.23. The van der Waals surface area contributed by atoms with Crippen molar-refractivity contribution < 1.29 is 19.4 Å². The zero-order valence-electron chi connectivity index (χ0n) is 10.2. The number of amides is 1. The van der Waals surface area contributed by atoms with E-state index in [4.69, 9.17) is 9.84 Å². The predicted molar refractivity (Wildman–Crippen MR) is 61.0 cm³/mol. The fourth-order valence-electron chi connectivity index (χ4n) is 2.08. The van der Waals surface area contributed by atoms with E-state index in [1.54, 1.807) is 20.2 Å². The highest BCUT2D eigenvalue weighted by Crippen LogP contribution is 2.20. The van der Waals surface area contributed by atoms with Crippen LogP contribution in [0.5, 0.6) is 0 Å². The number of carboxylic acid groups (broad SMARTS) is 1. The van der Waals surface area contributed by atoms with Crippen molar-refractivity contribution in [2.75, 3.05) is 20.3 Å². The van der Waals surface area contributed by atoms with Gasteiger partial charge in [-0.1, -0.05) is 0 Å². The van der Waals surface area contributed by atoms with E-state index in [-0.39, 0.29) is 19.1 Å². The summed E-state index contributed by atoms with van der Waals surface area (Å²) in [6.45, 7) is 0.389. The van der Waals surface area contributed by atoms with Gasteiger partial charge in [-0.15, -0.1) is 0 Å². The van der Waals surface area contributed by atoms with Crippen molar-refractivity contribution in [2.45, 2.75) is 6.04 Å². The number of rotatable bonds is 3. The minimum Gasteiger partial charge on any atom is -0.481 e. The quantitative estimate of drug-likeness (QED) is 0.791. The SMILES string of the molecule is CN(C(=O)c1ccnn1C)C1COCC1C(=O)O. The number of likely N-dealkylation sites (N-methyl/N-ethyl adjacent to an activating group) is 1. The molecule has 0 aromatic carbocycles. The van der Waals surface area contributed by atoms with Crippen molar-refractivity contribution in [3.63, 3.8) is 0 Å². The number of aryl methyl sites for hydroxylation is 1. The number of carbonyl (C=O) groups excluding carboxylic acids is 1. The van der Waals surface area contributed by atoms with Gasteiger partial charge in [-0.05, 0) is 6.07 Å². The van der Waals surface area contributed by atoms with Gasteiger partial charge >= 0.3 is 5.97 Å². The molecule has 0 aliphatic carbocycles. The van der Waals surface area contributed by atoms with Crippen LogP contribution in [0.2, 0.25) is 0 Å². The number of hydrogen-bond acceptors (Lipinski definition) is 4. The van der Waals surface area contributed by atoms with Gasteiger partial charge < -0.3 is 14.7 Å². The molecule has 1 aliphatic heterocycles. The molecule has 0 saturated carbocycles. The molecule has 1 aromatic rings. The Morgan fingerprint density at radius 3 is 2.83 bits per heavy atom. The second-order valence-corrected chi connectivity index (χ2v) is 4.31. The molecule has 0 spiro atoms. The highest BCUT2D eigenvalue weighted by atomic mass is 16.5. The second-order valence-electron chi connectivity index (χ2n) is 4.31. The van der Waals surface area contributed by atoms with Gasteiger partial charge in [0.2, 0.25) is 0 Å². The van der Waals surface area contributed by atoms with Crippen LogP contribution in [0.15, 0.2) is 12.3 Å². The second kappa shape index (κ2) is 4.77. The third-order valence-corrected chi connectivity index (χ3v) is 3.23. The van der Waals surface area contributed by atoms with Gasteiger partial charge in [0, 0.05) is 20.3 Å². The van der Waals surface area contributed by atoms with E-state index in [1.165, 1.54) is 15.8 Å². The topological polar surface area (TPSA) is 84.7 Å². The van der Waals surface area contributed by atoms with Crippen molar-refractivity contribution in [3.8, 4) is 0 Å². The Bertz CT molecular complexity index is 471. The molecule has 2 rings (SSSR count). The molecule has 7 nitrogen and oxygen atoms in total. The van der Waals surface area contributed by atoms with Crippen LogP contribution in [-0.2, 0) is 16.6 Å². The standard InChI is InChI=1S/C11H15N3O4/c1-13(9-6-18-5-7(9)11(16)17)10(15)8-3-4-12-14(8)2/h3-4,7,9H,5-6H2,1-2H3,(H,16,17). The van der Waals surface area contributed by atoms with E-state index >= 15 is 0 Å². The number of aliphatic carboxylic acids is 1. The van der Waals surface area contributed by atoms with E-state index in [0.29, 0.717) is 5.69 Å². The van der Waals surface area contributed by atoms with Crippen LogP contribution in [-0.4, -0.2) is 58.0 Å². The van der Waals surface area contributed by atoms with Crippen LogP contribution in [0.1, 0.15) is 10.5 Å². The molecule has 18 heavy (non-hydrogen) atoms. The monoisotopic (exact) mass is 253 g/mol. The number of ether oxygens (including phenoxy) is 1. The summed E-state index contributed by atoms with van der Waals surface area (Å²) in [6, 6.07) is 1.16. The van der Waals surface area contributed by atoms with Gasteiger partial charge in [-0.2, -0.15) is 5.10 Å².